The van der Waals surface area contributed by atoms with E-state index in [0.717, 1.165) is 5.56 Å². The van der Waals surface area contributed by atoms with E-state index in [4.69, 9.17) is 17.3 Å². The number of halogens is 1. The quantitative estimate of drug-likeness (QED) is 0.719. The van der Waals surface area contributed by atoms with E-state index >= 15 is 0 Å². The highest BCUT2D eigenvalue weighted by atomic mass is 35.5. The van der Waals surface area contributed by atoms with Crippen LogP contribution < -0.4 is 5.73 Å². The van der Waals surface area contributed by atoms with Gasteiger partial charge >= 0.3 is 0 Å². The number of benzene rings is 1. The zero-order valence-electron chi connectivity index (χ0n) is 7.20. The van der Waals surface area contributed by atoms with Gasteiger partial charge < -0.3 is 10.8 Å². The molecule has 1 aliphatic carbocycles. The van der Waals surface area contributed by atoms with Crippen LogP contribution in [0.3, 0.4) is 0 Å². The summed E-state index contributed by atoms with van der Waals surface area (Å²) in [5, 5.41) is 10.7. The molecule has 0 spiro atoms. The van der Waals surface area contributed by atoms with Gasteiger partial charge in [-0.1, -0.05) is 29.8 Å². The molecule has 2 nitrogen and oxygen atoms in total. The highest BCUT2D eigenvalue weighted by molar-refractivity contribution is 6.31. The summed E-state index contributed by atoms with van der Waals surface area (Å²) in [6, 6.07) is 7.49. The van der Waals surface area contributed by atoms with Gasteiger partial charge in [0.05, 0.1) is 5.60 Å². The van der Waals surface area contributed by atoms with Gasteiger partial charge in [0.2, 0.25) is 0 Å². The van der Waals surface area contributed by atoms with Crippen LogP contribution in [0.4, 0.5) is 0 Å². The predicted octanol–water partition coefficient (Wildman–Crippen LogP) is 1.65. The average molecular weight is 198 g/mol. The molecule has 1 aromatic rings. The lowest BCUT2D eigenvalue weighted by molar-refractivity contribution is -0.0521. The molecule has 0 radical (unpaired) electrons. The van der Waals surface area contributed by atoms with Crippen LogP contribution in [0, 0.1) is 0 Å². The Bertz CT molecular complexity index is 320. The first-order valence-electron chi connectivity index (χ1n) is 4.35. The van der Waals surface area contributed by atoms with E-state index in [1.165, 1.54) is 0 Å². The molecule has 1 aliphatic rings. The van der Waals surface area contributed by atoms with Gasteiger partial charge in [0.15, 0.2) is 0 Å². The Balaban J connectivity index is 2.31. The summed E-state index contributed by atoms with van der Waals surface area (Å²) in [4.78, 5) is 0. The molecule has 1 fully saturated rings. The minimum atomic E-state index is -0.780. The second-order valence-corrected chi connectivity index (χ2v) is 4.09. The maximum Gasteiger partial charge on any atom is 0.0940 e. The average Bonchev–Trinajstić information content (AvgIpc) is 2.02. The van der Waals surface area contributed by atoms with E-state index < -0.39 is 5.60 Å². The Kier molecular flexibility index (Phi) is 2.06. The fourth-order valence-electron chi connectivity index (χ4n) is 1.87. The summed E-state index contributed by atoms with van der Waals surface area (Å²) in [7, 11) is 0. The predicted molar refractivity (Wildman–Crippen MR) is 52.6 cm³/mol. The Morgan fingerprint density at radius 2 is 2.00 bits per heavy atom. The van der Waals surface area contributed by atoms with Crippen molar-refractivity contribution in [3.05, 3.63) is 34.9 Å². The Morgan fingerprint density at radius 1 is 1.38 bits per heavy atom. The lowest BCUT2D eigenvalue weighted by Crippen LogP contribution is -2.49. The topological polar surface area (TPSA) is 46.2 Å². The lowest BCUT2D eigenvalue weighted by atomic mass is 9.72. The summed E-state index contributed by atoms with van der Waals surface area (Å²) in [5.41, 5.74) is 5.66. The zero-order valence-corrected chi connectivity index (χ0v) is 7.96. The maximum atomic E-state index is 10.1. The molecule has 0 atom stereocenters. The molecule has 70 valence electrons. The summed E-state index contributed by atoms with van der Waals surface area (Å²) in [5.74, 6) is 0. The molecule has 0 aliphatic heterocycles. The smallest absolute Gasteiger partial charge is 0.0940 e. The van der Waals surface area contributed by atoms with Crippen LogP contribution in [-0.2, 0) is 5.60 Å². The monoisotopic (exact) mass is 197 g/mol. The van der Waals surface area contributed by atoms with Crippen LogP contribution >= 0.6 is 11.6 Å². The number of nitrogens with two attached hydrogens (primary N) is 1. The van der Waals surface area contributed by atoms with Crippen molar-refractivity contribution in [3.8, 4) is 0 Å². The summed E-state index contributed by atoms with van der Waals surface area (Å²) >= 11 is 5.97. The van der Waals surface area contributed by atoms with Gasteiger partial charge in [-0.2, -0.15) is 0 Å². The van der Waals surface area contributed by atoms with Crippen LogP contribution in [-0.4, -0.2) is 11.1 Å². The van der Waals surface area contributed by atoms with Gasteiger partial charge in [0.1, 0.15) is 0 Å². The lowest BCUT2D eigenvalue weighted by Gasteiger charge is -2.42. The van der Waals surface area contributed by atoms with E-state index in [9.17, 15) is 5.11 Å². The van der Waals surface area contributed by atoms with Crippen LogP contribution in [0.2, 0.25) is 5.02 Å². The van der Waals surface area contributed by atoms with Crippen molar-refractivity contribution in [3.63, 3.8) is 0 Å². The molecule has 13 heavy (non-hydrogen) atoms. The van der Waals surface area contributed by atoms with Gasteiger partial charge in [-0.15, -0.1) is 0 Å². The van der Waals surface area contributed by atoms with E-state index in [2.05, 4.69) is 0 Å². The fraction of sp³-hybridized carbons (Fsp3) is 0.400. The molecular formula is C10H12ClNO. The molecule has 3 N–H and O–H groups in total. The normalized spacial score (nSPS) is 32.7. The second-order valence-electron chi connectivity index (χ2n) is 3.68. The van der Waals surface area contributed by atoms with Gasteiger partial charge in [-0.3, -0.25) is 0 Å². The molecule has 3 heteroatoms. The van der Waals surface area contributed by atoms with Crippen LogP contribution in [0.5, 0.6) is 0 Å². The molecule has 0 saturated heterocycles. The highest BCUT2D eigenvalue weighted by Crippen LogP contribution is 2.42. The van der Waals surface area contributed by atoms with Crippen LogP contribution in [0.1, 0.15) is 18.4 Å². The van der Waals surface area contributed by atoms with E-state index in [1.54, 1.807) is 6.07 Å². The van der Waals surface area contributed by atoms with Crippen molar-refractivity contribution < 1.29 is 5.11 Å². The first-order valence-corrected chi connectivity index (χ1v) is 4.72. The standard InChI is InChI=1S/C10H12ClNO/c11-9-4-2-1-3-8(9)10(13)5-7(12)6-10/h1-4,7,13H,5-6,12H2. The number of hydrogen-bond acceptors (Lipinski definition) is 2. The van der Waals surface area contributed by atoms with Gasteiger partial charge in [0.25, 0.3) is 0 Å². The van der Waals surface area contributed by atoms with E-state index in [1.807, 2.05) is 18.2 Å². The molecular weight excluding hydrogens is 186 g/mol. The molecule has 1 aromatic carbocycles. The number of rotatable bonds is 1. The molecule has 0 amide bonds. The highest BCUT2D eigenvalue weighted by Gasteiger charge is 2.43. The molecule has 1 saturated carbocycles. The molecule has 0 aromatic heterocycles. The maximum absolute atomic E-state index is 10.1. The minimum absolute atomic E-state index is 0.112. The van der Waals surface area contributed by atoms with Crippen molar-refractivity contribution in [2.45, 2.75) is 24.5 Å². The van der Waals surface area contributed by atoms with Crippen molar-refractivity contribution in [1.82, 2.24) is 0 Å². The first kappa shape index (κ1) is 9.00. The van der Waals surface area contributed by atoms with Crippen molar-refractivity contribution in [2.75, 3.05) is 0 Å². The molecule has 2 rings (SSSR count). The second kappa shape index (κ2) is 2.98. The Hall–Kier alpha value is -0.570. The number of aliphatic hydroxyl groups is 1. The third-order valence-electron chi connectivity index (χ3n) is 2.57. The van der Waals surface area contributed by atoms with Gasteiger partial charge in [-0.25, -0.2) is 0 Å². The minimum Gasteiger partial charge on any atom is -0.385 e. The largest absolute Gasteiger partial charge is 0.385 e. The third-order valence-corrected chi connectivity index (χ3v) is 2.90. The van der Waals surface area contributed by atoms with Crippen molar-refractivity contribution >= 4 is 11.6 Å². The zero-order chi connectivity index (χ0) is 9.47. The molecule has 0 unspecified atom stereocenters. The summed E-state index contributed by atoms with van der Waals surface area (Å²) in [6.45, 7) is 0. The summed E-state index contributed by atoms with van der Waals surface area (Å²) < 4.78 is 0. The van der Waals surface area contributed by atoms with Crippen molar-refractivity contribution in [2.24, 2.45) is 5.73 Å². The SMILES string of the molecule is NC1CC(O)(c2ccccc2Cl)C1. The van der Waals surface area contributed by atoms with Gasteiger partial charge in [-0.05, 0) is 18.9 Å². The van der Waals surface area contributed by atoms with Crippen LogP contribution in [0.25, 0.3) is 0 Å². The fourth-order valence-corrected chi connectivity index (χ4v) is 2.18. The van der Waals surface area contributed by atoms with E-state index in [0.29, 0.717) is 17.9 Å². The van der Waals surface area contributed by atoms with Crippen molar-refractivity contribution in [1.29, 1.82) is 0 Å². The van der Waals surface area contributed by atoms with E-state index in [-0.39, 0.29) is 6.04 Å². The number of hydrogen-bond donors (Lipinski definition) is 2. The van der Waals surface area contributed by atoms with Crippen LogP contribution in [0.15, 0.2) is 24.3 Å². The third kappa shape index (κ3) is 1.46. The first-order chi connectivity index (χ1) is 6.12. The van der Waals surface area contributed by atoms with Gasteiger partial charge in [0, 0.05) is 16.6 Å². The molecule has 0 bridgehead atoms. The summed E-state index contributed by atoms with van der Waals surface area (Å²) in [6.07, 6.45) is 1.22. The Morgan fingerprint density at radius 3 is 2.54 bits per heavy atom. The Labute approximate surface area is 82.3 Å². The molecule has 0 heterocycles.